The fourth-order valence-electron chi connectivity index (χ4n) is 3.27. The highest BCUT2D eigenvalue weighted by molar-refractivity contribution is 5.87. The summed E-state index contributed by atoms with van der Waals surface area (Å²) >= 11 is 0. The predicted octanol–water partition coefficient (Wildman–Crippen LogP) is 3.86. The number of benzene rings is 2. The van der Waals surface area contributed by atoms with Gasteiger partial charge in [0.15, 0.2) is 0 Å². The summed E-state index contributed by atoms with van der Waals surface area (Å²) < 4.78 is 5.85. The number of aryl methyl sites for hydroxylation is 1. The van der Waals surface area contributed by atoms with Gasteiger partial charge in [-0.1, -0.05) is 54.6 Å². The van der Waals surface area contributed by atoms with E-state index in [9.17, 15) is 4.79 Å². The van der Waals surface area contributed by atoms with E-state index >= 15 is 0 Å². The molecule has 0 fully saturated rings. The molecule has 3 nitrogen and oxygen atoms in total. The van der Waals surface area contributed by atoms with Gasteiger partial charge in [0, 0.05) is 6.08 Å². The molecule has 24 heavy (non-hydrogen) atoms. The van der Waals surface area contributed by atoms with Crippen molar-refractivity contribution in [2.24, 2.45) is 0 Å². The summed E-state index contributed by atoms with van der Waals surface area (Å²) in [6.45, 7) is 0. The Hall–Kier alpha value is -2.39. The van der Waals surface area contributed by atoms with Gasteiger partial charge < -0.3 is 9.64 Å². The summed E-state index contributed by atoms with van der Waals surface area (Å²) in [5, 5.41) is 0. The van der Waals surface area contributed by atoms with Gasteiger partial charge in [-0.25, -0.2) is 4.79 Å². The van der Waals surface area contributed by atoms with Crippen molar-refractivity contribution >= 4 is 12.0 Å². The topological polar surface area (TPSA) is 29.5 Å². The van der Waals surface area contributed by atoms with E-state index in [2.05, 4.69) is 17.0 Å². The van der Waals surface area contributed by atoms with E-state index in [1.54, 1.807) is 6.08 Å². The minimum Gasteiger partial charge on any atom is -0.453 e. The van der Waals surface area contributed by atoms with E-state index in [1.807, 2.05) is 56.6 Å². The van der Waals surface area contributed by atoms with Crippen LogP contribution in [0, 0.1) is 0 Å². The zero-order valence-corrected chi connectivity index (χ0v) is 14.2. The van der Waals surface area contributed by atoms with Crippen molar-refractivity contribution in [1.82, 2.24) is 4.90 Å². The molecular weight excluding hydrogens is 298 g/mol. The van der Waals surface area contributed by atoms with Crippen LogP contribution >= 0.6 is 0 Å². The van der Waals surface area contributed by atoms with Gasteiger partial charge in [-0.3, -0.25) is 0 Å². The lowest BCUT2D eigenvalue weighted by Gasteiger charge is -2.36. The lowest BCUT2D eigenvalue weighted by Crippen LogP contribution is -2.39. The fourth-order valence-corrected chi connectivity index (χ4v) is 3.27. The van der Waals surface area contributed by atoms with Crippen LogP contribution in [0.3, 0.4) is 0 Å². The molecule has 0 heterocycles. The van der Waals surface area contributed by atoms with Crippen molar-refractivity contribution in [1.29, 1.82) is 0 Å². The maximum Gasteiger partial charge on any atom is 0.331 e. The van der Waals surface area contributed by atoms with Crippen molar-refractivity contribution in [3.05, 3.63) is 77.4 Å². The molecule has 3 heteroatoms. The molecule has 1 aliphatic rings. The molecule has 2 aromatic rings. The molecule has 0 N–H and O–H groups in total. The molecule has 0 bridgehead atoms. The van der Waals surface area contributed by atoms with Crippen LogP contribution in [0.5, 0.6) is 0 Å². The van der Waals surface area contributed by atoms with Crippen molar-refractivity contribution < 1.29 is 9.53 Å². The number of rotatable bonds is 4. The first kappa shape index (κ1) is 16.5. The molecule has 0 radical (unpaired) electrons. The Morgan fingerprint density at radius 1 is 1.08 bits per heavy atom. The SMILES string of the molecule is CN(C)[C@@H]1CCc2ccccc2[C@@H]1OC(=O)/C=C\c1ccccc1. The maximum atomic E-state index is 12.3. The summed E-state index contributed by atoms with van der Waals surface area (Å²) in [7, 11) is 4.08. The molecule has 0 saturated heterocycles. The second kappa shape index (κ2) is 7.45. The van der Waals surface area contributed by atoms with Crippen molar-refractivity contribution in [2.75, 3.05) is 14.1 Å². The lowest BCUT2D eigenvalue weighted by atomic mass is 9.85. The van der Waals surface area contributed by atoms with Crippen molar-refractivity contribution in [3.63, 3.8) is 0 Å². The Balaban J connectivity index is 1.78. The number of nitrogens with zero attached hydrogens (tertiary/aromatic N) is 1. The number of likely N-dealkylation sites (N-methyl/N-ethyl adjacent to an activating group) is 1. The van der Waals surface area contributed by atoms with Crippen LogP contribution in [-0.2, 0) is 16.0 Å². The molecule has 0 aliphatic heterocycles. The number of ether oxygens (including phenoxy) is 1. The van der Waals surface area contributed by atoms with Gasteiger partial charge >= 0.3 is 5.97 Å². The first-order valence-electron chi connectivity index (χ1n) is 8.33. The molecule has 2 atom stereocenters. The average molecular weight is 321 g/mol. The highest BCUT2D eigenvalue weighted by Crippen LogP contribution is 2.35. The number of hydrogen-bond acceptors (Lipinski definition) is 3. The number of hydrogen-bond donors (Lipinski definition) is 0. The second-order valence-corrected chi connectivity index (χ2v) is 6.37. The Labute approximate surface area is 143 Å². The van der Waals surface area contributed by atoms with Crippen LogP contribution < -0.4 is 0 Å². The maximum absolute atomic E-state index is 12.3. The van der Waals surface area contributed by atoms with Crippen molar-refractivity contribution in [3.8, 4) is 0 Å². The molecule has 2 aromatic carbocycles. The van der Waals surface area contributed by atoms with Gasteiger partial charge in [0.1, 0.15) is 6.10 Å². The quantitative estimate of drug-likeness (QED) is 0.632. The van der Waals surface area contributed by atoms with E-state index in [4.69, 9.17) is 4.74 Å². The zero-order valence-electron chi connectivity index (χ0n) is 14.2. The normalized spacial score (nSPS) is 20.1. The minimum atomic E-state index is -0.299. The van der Waals surface area contributed by atoms with Crippen molar-refractivity contribution in [2.45, 2.75) is 25.0 Å². The molecular formula is C21H23NO2. The summed E-state index contributed by atoms with van der Waals surface area (Å²) in [6.07, 6.45) is 5.09. The summed E-state index contributed by atoms with van der Waals surface area (Å²) in [6, 6.07) is 18.2. The summed E-state index contributed by atoms with van der Waals surface area (Å²) in [4.78, 5) is 14.5. The van der Waals surface area contributed by atoms with E-state index in [-0.39, 0.29) is 18.1 Å². The largest absolute Gasteiger partial charge is 0.453 e. The smallest absolute Gasteiger partial charge is 0.331 e. The number of carbonyl (C=O) groups excluding carboxylic acids is 1. The molecule has 0 spiro atoms. The Morgan fingerprint density at radius 2 is 1.79 bits per heavy atom. The van der Waals surface area contributed by atoms with Gasteiger partial charge in [-0.2, -0.15) is 0 Å². The van der Waals surface area contributed by atoms with Crippen LogP contribution in [0.2, 0.25) is 0 Å². The predicted molar refractivity (Wildman–Crippen MR) is 96.5 cm³/mol. The molecule has 1 aliphatic carbocycles. The van der Waals surface area contributed by atoms with Crippen LogP contribution in [0.1, 0.15) is 29.2 Å². The van der Waals surface area contributed by atoms with Gasteiger partial charge in [-0.05, 0) is 49.7 Å². The Bertz CT molecular complexity index is 722. The third kappa shape index (κ3) is 3.74. The number of carbonyl (C=O) groups is 1. The van der Waals surface area contributed by atoms with Crippen LogP contribution in [0.15, 0.2) is 60.7 Å². The van der Waals surface area contributed by atoms with Gasteiger partial charge in [0.2, 0.25) is 0 Å². The number of esters is 1. The zero-order chi connectivity index (χ0) is 16.9. The average Bonchev–Trinajstić information content (AvgIpc) is 2.61. The van der Waals surface area contributed by atoms with Gasteiger partial charge in [0.25, 0.3) is 0 Å². The Kier molecular flexibility index (Phi) is 5.11. The van der Waals surface area contributed by atoms with Crippen LogP contribution in [0.25, 0.3) is 6.08 Å². The molecule has 0 unspecified atom stereocenters. The third-order valence-electron chi connectivity index (χ3n) is 4.54. The van der Waals surface area contributed by atoms with Gasteiger partial charge in [-0.15, -0.1) is 0 Å². The molecule has 0 aromatic heterocycles. The minimum absolute atomic E-state index is 0.203. The highest BCUT2D eigenvalue weighted by Gasteiger charge is 2.33. The van der Waals surface area contributed by atoms with Crippen LogP contribution in [0.4, 0.5) is 0 Å². The lowest BCUT2D eigenvalue weighted by molar-refractivity contribution is -0.147. The summed E-state index contributed by atoms with van der Waals surface area (Å²) in [5.41, 5.74) is 3.40. The van der Waals surface area contributed by atoms with Gasteiger partial charge in [0.05, 0.1) is 6.04 Å². The molecule has 124 valence electrons. The van der Waals surface area contributed by atoms with E-state index in [0.717, 1.165) is 24.0 Å². The van der Waals surface area contributed by atoms with Crippen LogP contribution in [-0.4, -0.2) is 31.0 Å². The standard InChI is InChI=1S/C21H23NO2/c1-22(2)19-14-13-17-10-6-7-11-18(17)21(19)24-20(23)15-12-16-8-4-3-5-9-16/h3-12,15,19,21H,13-14H2,1-2H3/b15-12-/t19-,21+/m1/s1. The van der Waals surface area contributed by atoms with E-state index in [1.165, 1.54) is 11.6 Å². The fraction of sp³-hybridized carbons (Fsp3) is 0.286. The first-order valence-corrected chi connectivity index (χ1v) is 8.33. The third-order valence-corrected chi connectivity index (χ3v) is 4.54. The van der Waals surface area contributed by atoms with E-state index < -0.39 is 0 Å². The Morgan fingerprint density at radius 3 is 2.54 bits per heavy atom. The molecule has 0 saturated carbocycles. The second-order valence-electron chi connectivity index (χ2n) is 6.37. The summed E-state index contributed by atoms with van der Waals surface area (Å²) in [5.74, 6) is -0.299. The highest BCUT2D eigenvalue weighted by atomic mass is 16.5. The monoisotopic (exact) mass is 321 g/mol. The first-order chi connectivity index (χ1) is 11.6. The molecule has 3 rings (SSSR count). The van der Waals surface area contributed by atoms with E-state index in [0.29, 0.717) is 0 Å². The molecule has 0 amide bonds. The number of fused-ring (bicyclic) bond motifs is 1.